The van der Waals surface area contributed by atoms with E-state index >= 15 is 0 Å². The predicted molar refractivity (Wildman–Crippen MR) is 87.2 cm³/mol. The zero-order valence-corrected chi connectivity index (χ0v) is 13.7. The van der Waals surface area contributed by atoms with Crippen LogP contribution in [-0.2, 0) is 13.6 Å². The third-order valence-electron chi connectivity index (χ3n) is 4.14. The van der Waals surface area contributed by atoms with Gasteiger partial charge in [0.25, 0.3) is 0 Å². The van der Waals surface area contributed by atoms with Gasteiger partial charge in [-0.25, -0.2) is 4.98 Å². The van der Waals surface area contributed by atoms with Gasteiger partial charge in [0.2, 0.25) is 0 Å². The molecule has 1 aromatic heterocycles. The summed E-state index contributed by atoms with van der Waals surface area (Å²) in [7, 11) is 3.71. The summed E-state index contributed by atoms with van der Waals surface area (Å²) in [5.41, 5.74) is 1.09. The SMILES string of the molecule is COc1ccc(Cl)c(CN2CCNCC2c2nccn2C)c1. The van der Waals surface area contributed by atoms with Crippen LogP contribution in [0, 0.1) is 0 Å². The summed E-state index contributed by atoms with van der Waals surface area (Å²) in [5.74, 6) is 1.91. The molecule has 6 heteroatoms. The van der Waals surface area contributed by atoms with E-state index in [1.165, 1.54) is 0 Å². The van der Waals surface area contributed by atoms with E-state index in [0.717, 1.165) is 48.3 Å². The Kier molecular flexibility index (Phi) is 4.66. The van der Waals surface area contributed by atoms with Crippen molar-refractivity contribution in [2.75, 3.05) is 26.7 Å². The molecule has 2 aromatic rings. The Balaban J connectivity index is 1.84. The van der Waals surface area contributed by atoms with E-state index in [4.69, 9.17) is 16.3 Å². The van der Waals surface area contributed by atoms with Crippen molar-refractivity contribution in [2.45, 2.75) is 12.6 Å². The second-order valence-electron chi connectivity index (χ2n) is 5.54. The minimum Gasteiger partial charge on any atom is -0.497 e. The molecule has 1 aliphatic heterocycles. The second kappa shape index (κ2) is 6.69. The molecule has 118 valence electrons. The molecule has 1 unspecified atom stereocenters. The fraction of sp³-hybridized carbons (Fsp3) is 0.438. The van der Waals surface area contributed by atoms with Crippen molar-refractivity contribution < 1.29 is 4.74 Å². The molecular formula is C16H21ClN4O. The molecule has 5 nitrogen and oxygen atoms in total. The van der Waals surface area contributed by atoms with Crippen molar-refractivity contribution in [1.29, 1.82) is 0 Å². The fourth-order valence-corrected chi connectivity index (χ4v) is 3.08. The average Bonchev–Trinajstić information content (AvgIpc) is 2.96. The summed E-state index contributed by atoms with van der Waals surface area (Å²) in [6.07, 6.45) is 3.83. The van der Waals surface area contributed by atoms with Crippen molar-refractivity contribution in [3.8, 4) is 5.75 Å². The van der Waals surface area contributed by atoms with E-state index in [2.05, 4.69) is 19.8 Å². The number of methoxy groups -OCH3 is 1. The van der Waals surface area contributed by atoms with Crippen molar-refractivity contribution in [3.63, 3.8) is 0 Å². The Morgan fingerprint density at radius 2 is 2.32 bits per heavy atom. The highest BCUT2D eigenvalue weighted by Crippen LogP contribution is 2.27. The highest BCUT2D eigenvalue weighted by molar-refractivity contribution is 6.31. The molecule has 1 aromatic carbocycles. The van der Waals surface area contributed by atoms with Crippen LogP contribution in [0.15, 0.2) is 30.6 Å². The lowest BCUT2D eigenvalue weighted by Crippen LogP contribution is -2.46. The number of nitrogens with one attached hydrogen (secondary N) is 1. The number of piperazine rings is 1. The van der Waals surface area contributed by atoms with Crippen LogP contribution in [0.3, 0.4) is 0 Å². The number of hydrogen-bond acceptors (Lipinski definition) is 4. The summed E-state index contributed by atoms with van der Waals surface area (Å²) in [6.45, 7) is 3.62. The minimum absolute atomic E-state index is 0.246. The van der Waals surface area contributed by atoms with Gasteiger partial charge >= 0.3 is 0 Å². The van der Waals surface area contributed by atoms with E-state index in [9.17, 15) is 0 Å². The molecule has 0 spiro atoms. The molecular weight excluding hydrogens is 300 g/mol. The van der Waals surface area contributed by atoms with E-state index in [1.807, 2.05) is 37.6 Å². The number of nitrogens with zero attached hydrogens (tertiary/aromatic N) is 3. The monoisotopic (exact) mass is 320 g/mol. The number of imidazole rings is 1. The fourth-order valence-electron chi connectivity index (χ4n) is 2.91. The number of halogens is 1. The average molecular weight is 321 g/mol. The maximum absolute atomic E-state index is 6.36. The number of benzene rings is 1. The maximum Gasteiger partial charge on any atom is 0.127 e. The van der Waals surface area contributed by atoms with Gasteiger partial charge in [-0.2, -0.15) is 0 Å². The highest BCUT2D eigenvalue weighted by atomic mass is 35.5. The van der Waals surface area contributed by atoms with Crippen molar-refractivity contribution in [1.82, 2.24) is 19.8 Å². The normalized spacial score (nSPS) is 19.3. The summed E-state index contributed by atoms with van der Waals surface area (Å²) in [4.78, 5) is 6.93. The van der Waals surface area contributed by atoms with Gasteiger partial charge in [-0.15, -0.1) is 0 Å². The van der Waals surface area contributed by atoms with Crippen LogP contribution in [0.1, 0.15) is 17.4 Å². The quantitative estimate of drug-likeness (QED) is 0.938. The first-order valence-electron chi connectivity index (χ1n) is 7.43. The predicted octanol–water partition coefficient (Wildman–Crippen LogP) is 2.23. The number of aromatic nitrogens is 2. The van der Waals surface area contributed by atoms with Crippen molar-refractivity contribution in [3.05, 3.63) is 47.0 Å². The first-order valence-corrected chi connectivity index (χ1v) is 7.81. The van der Waals surface area contributed by atoms with Crippen molar-refractivity contribution in [2.24, 2.45) is 7.05 Å². The smallest absolute Gasteiger partial charge is 0.127 e. The van der Waals surface area contributed by atoms with E-state index in [1.54, 1.807) is 7.11 Å². The molecule has 1 fully saturated rings. The molecule has 0 saturated carbocycles. The number of aryl methyl sites for hydroxylation is 1. The molecule has 1 aliphatic rings. The molecule has 0 aliphatic carbocycles. The van der Waals surface area contributed by atoms with Crippen LogP contribution in [0.2, 0.25) is 5.02 Å². The van der Waals surface area contributed by atoms with Crippen molar-refractivity contribution >= 4 is 11.6 Å². The standard InChI is InChI=1S/C16H21ClN4O/c1-20-7-6-19-16(20)15-10-18-5-8-21(15)11-12-9-13(22-2)3-4-14(12)17/h3-4,6-7,9,15,18H,5,8,10-11H2,1-2H3. The molecule has 3 rings (SSSR count). The molecule has 1 atom stereocenters. The Morgan fingerprint density at radius 3 is 3.05 bits per heavy atom. The first-order chi connectivity index (χ1) is 10.7. The molecule has 0 bridgehead atoms. The van der Waals surface area contributed by atoms with Crippen LogP contribution in [0.4, 0.5) is 0 Å². The van der Waals surface area contributed by atoms with E-state index < -0.39 is 0 Å². The lowest BCUT2D eigenvalue weighted by Gasteiger charge is -2.36. The number of ether oxygens (including phenoxy) is 1. The van der Waals surface area contributed by atoms with Crippen LogP contribution >= 0.6 is 11.6 Å². The zero-order valence-electron chi connectivity index (χ0n) is 12.9. The van der Waals surface area contributed by atoms with Crippen LogP contribution < -0.4 is 10.1 Å². The second-order valence-corrected chi connectivity index (χ2v) is 5.95. The Bertz CT molecular complexity index is 643. The molecule has 2 heterocycles. The number of hydrogen-bond donors (Lipinski definition) is 1. The molecule has 1 N–H and O–H groups in total. The van der Waals surface area contributed by atoms with Gasteiger partial charge in [0, 0.05) is 50.6 Å². The first kappa shape index (κ1) is 15.3. The maximum atomic E-state index is 6.36. The molecule has 0 amide bonds. The van der Waals surface area contributed by atoms with Crippen LogP contribution in [-0.4, -0.2) is 41.2 Å². The Labute approximate surface area is 135 Å². The van der Waals surface area contributed by atoms with E-state index in [-0.39, 0.29) is 6.04 Å². The van der Waals surface area contributed by atoms with Gasteiger partial charge in [-0.05, 0) is 23.8 Å². The Hall–Kier alpha value is -1.56. The molecule has 0 radical (unpaired) electrons. The lowest BCUT2D eigenvalue weighted by molar-refractivity contribution is 0.144. The van der Waals surface area contributed by atoms with Crippen LogP contribution in [0.5, 0.6) is 5.75 Å². The summed E-state index contributed by atoms with van der Waals surface area (Å²) in [5, 5.41) is 4.23. The minimum atomic E-state index is 0.246. The zero-order chi connectivity index (χ0) is 15.5. The van der Waals surface area contributed by atoms with Gasteiger partial charge in [0.05, 0.1) is 13.2 Å². The number of rotatable bonds is 4. The van der Waals surface area contributed by atoms with Crippen LogP contribution in [0.25, 0.3) is 0 Å². The highest BCUT2D eigenvalue weighted by Gasteiger charge is 2.27. The van der Waals surface area contributed by atoms with Gasteiger partial charge in [-0.3, -0.25) is 4.90 Å². The Morgan fingerprint density at radius 1 is 1.45 bits per heavy atom. The van der Waals surface area contributed by atoms with Gasteiger partial charge in [0.15, 0.2) is 0 Å². The third kappa shape index (κ3) is 3.11. The lowest BCUT2D eigenvalue weighted by atomic mass is 10.1. The molecule has 22 heavy (non-hydrogen) atoms. The topological polar surface area (TPSA) is 42.3 Å². The molecule has 1 saturated heterocycles. The van der Waals surface area contributed by atoms with Gasteiger partial charge in [-0.1, -0.05) is 11.6 Å². The largest absolute Gasteiger partial charge is 0.497 e. The van der Waals surface area contributed by atoms with Gasteiger partial charge < -0.3 is 14.6 Å². The summed E-state index contributed by atoms with van der Waals surface area (Å²) in [6, 6.07) is 6.05. The third-order valence-corrected chi connectivity index (χ3v) is 4.51. The summed E-state index contributed by atoms with van der Waals surface area (Å²) >= 11 is 6.36. The van der Waals surface area contributed by atoms with E-state index in [0.29, 0.717) is 0 Å². The summed E-state index contributed by atoms with van der Waals surface area (Å²) < 4.78 is 7.39. The van der Waals surface area contributed by atoms with Gasteiger partial charge in [0.1, 0.15) is 11.6 Å².